The Hall–Kier alpha value is -0.570. The summed E-state index contributed by atoms with van der Waals surface area (Å²) >= 11 is 0. The molecule has 0 spiro atoms. The highest BCUT2D eigenvalue weighted by molar-refractivity contribution is 5.75. The van der Waals surface area contributed by atoms with E-state index < -0.39 is 6.04 Å². The standard InChI is InChI=1S/C15H31NO2/c1-4-6-7-8-9-10-11-12-14(5-2)18-15(17)13(3)16/h13-14H,4-12,16H2,1-3H3. The molecule has 0 fully saturated rings. The number of nitrogens with two attached hydrogens (primary N) is 1. The molecule has 2 atom stereocenters. The number of carbonyl (C=O) groups is 1. The summed E-state index contributed by atoms with van der Waals surface area (Å²) in [6.07, 6.45) is 11.0. The summed E-state index contributed by atoms with van der Waals surface area (Å²) in [6.45, 7) is 5.96. The van der Waals surface area contributed by atoms with Gasteiger partial charge in [0.15, 0.2) is 0 Å². The molecule has 3 heteroatoms. The molecule has 0 aliphatic carbocycles. The maximum absolute atomic E-state index is 11.4. The summed E-state index contributed by atoms with van der Waals surface area (Å²) in [6, 6.07) is -0.506. The molecule has 3 nitrogen and oxygen atoms in total. The first-order valence-corrected chi connectivity index (χ1v) is 7.57. The van der Waals surface area contributed by atoms with Crippen LogP contribution in [0.1, 0.15) is 78.6 Å². The van der Waals surface area contributed by atoms with Gasteiger partial charge in [-0.15, -0.1) is 0 Å². The summed E-state index contributed by atoms with van der Waals surface area (Å²) in [4.78, 5) is 11.4. The van der Waals surface area contributed by atoms with Gasteiger partial charge < -0.3 is 10.5 Å². The van der Waals surface area contributed by atoms with Crippen LogP contribution in [0.2, 0.25) is 0 Å². The highest BCUT2D eigenvalue weighted by Gasteiger charge is 2.15. The fourth-order valence-corrected chi connectivity index (χ4v) is 1.95. The minimum absolute atomic E-state index is 0.0548. The van der Waals surface area contributed by atoms with Gasteiger partial charge in [-0.3, -0.25) is 4.79 Å². The minimum atomic E-state index is -0.506. The van der Waals surface area contributed by atoms with Crippen molar-refractivity contribution in [3.63, 3.8) is 0 Å². The Balaban J connectivity index is 3.53. The van der Waals surface area contributed by atoms with E-state index in [-0.39, 0.29) is 12.1 Å². The Morgan fingerprint density at radius 1 is 1.06 bits per heavy atom. The number of carbonyl (C=O) groups excluding carboxylic acids is 1. The lowest BCUT2D eigenvalue weighted by molar-refractivity contribution is -0.150. The Bertz CT molecular complexity index is 205. The van der Waals surface area contributed by atoms with Gasteiger partial charge in [0.2, 0.25) is 0 Å². The fourth-order valence-electron chi connectivity index (χ4n) is 1.95. The summed E-state index contributed by atoms with van der Waals surface area (Å²) in [5, 5.41) is 0. The third-order valence-corrected chi connectivity index (χ3v) is 3.24. The maximum Gasteiger partial charge on any atom is 0.322 e. The van der Waals surface area contributed by atoms with E-state index in [1.165, 1.54) is 38.5 Å². The Morgan fingerprint density at radius 2 is 1.61 bits per heavy atom. The van der Waals surface area contributed by atoms with Crippen molar-refractivity contribution in [2.24, 2.45) is 5.73 Å². The molecule has 0 saturated heterocycles. The van der Waals surface area contributed by atoms with Crippen LogP contribution in [0, 0.1) is 0 Å². The van der Waals surface area contributed by atoms with Crippen molar-refractivity contribution in [2.45, 2.75) is 90.7 Å². The zero-order valence-electron chi connectivity index (χ0n) is 12.4. The molecule has 0 rings (SSSR count). The second-order valence-corrected chi connectivity index (χ2v) is 5.17. The molecule has 2 unspecified atom stereocenters. The lowest BCUT2D eigenvalue weighted by Crippen LogP contribution is -2.32. The molecule has 18 heavy (non-hydrogen) atoms. The van der Waals surface area contributed by atoms with Crippen molar-refractivity contribution in [2.75, 3.05) is 0 Å². The molecule has 0 aliphatic heterocycles. The lowest BCUT2D eigenvalue weighted by Gasteiger charge is -2.17. The molecule has 0 radical (unpaired) electrons. The Labute approximate surface area is 112 Å². The smallest absolute Gasteiger partial charge is 0.322 e. The number of unbranched alkanes of at least 4 members (excludes halogenated alkanes) is 6. The normalized spacial score (nSPS) is 14.2. The van der Waals surface area contributed by atoms with Crippen LogP contribution in [0.15, 0.2) is 0 Å². The first-order chi connectivity index (χ1) is 8.61. The van der Waals surface area contributed by atoms with Crippen LogP contribution in [-0.4, -0.2) is 18.1 Å². The van der Waals surface area contributed by atoms with Crippen LogP contribution in [-0.2, 0) is 9.53 Å². The van der Waals surface area contributed by atoms with E-state index in [4.69, 9.17) is 10.5 Å². The number of ether oxygens (including phenoxy) is 1. The van der Waals surface area contributed by atoms with Gasteiger partial charge in [-0.2, -0.15) is 0 Å². The number of esters is 1. The van der Waals surface area contributed by atoms with Crippen molar-refractivity contribution in [3.8, 4) is 0 Å². The summed E-state index contributed by atoms with van der Waals surface area (Å²) in [7, 11) is 0. The van der Waals surface area contributed by atoms with Crippen molar-refractivity contribution in [1.82, 2.24) is 0 Å². The van der Waals surface area contributed by atoms with Gasteiger partial charge >= 0.3 is 5.97 Å². The van der Waals surface area contributed by atoms with Gasteiger partial charge in [-0.25, -0.2) is 0 Å². The molecular weight excluding hydrogens is 226 g/mol. The van der Waals surface area contributed by atoms with Gasteiger partial charge in [-0.1, -0.05) is 52.4 Å². The predicted molar refractivity (Wildman–Crippen MR) is 76.4 cm³/mol. The average molecular weight is 257 g/mol. The average Bonchev–Trinajstić information content (AvgIpc) is 2.35. The second kappa shape index (κ2) is 11.5. The highest BCUT2D eigenvalue weighted by atomic mass is 16.5. The van der Waals surface area contributed by atoms with Crippen molar-refractivity contribution in [1.29, 1.82) is 0 Å². The number of hydrogen-bond donors (Lipinski definition) is 1. The SMILES string of the molecule is CCCCCCCCCC(CC)OC(=O)C(C)N. The molecule has 0 aromatic carbocycles. The Kier molecular flexibility index (Phi) is 11.2. The van der Waals surface area contributed by atoms with E-state index in [2.05, 4.69) is 13.8 Å². The van der Waals surface area contributed by atoms with E-state index in [9.17, 15) is 4.79 Å². The van der Waals surface area contributed by atoms with Crippen LogP contribution in [0.4, 0.5) is 0 Å². The van der Waals surface area contributed by atoms with Crippen molar-refractivity contribution < 1.29 is 9.53 Å². The summed E-state index contributed by atoms with van der Waals surface area (Å²) < 4.78 is 5.34. The molecule has 0 amide bonds. The maximum atomic E-state index is 11.4. The van der Waals surface area contributed by atoms with Crippen LogP contribution >= 0.6 is 0 Å². The van der Waals surface area contributed by atoms with E-state index in [0.717, 1.165) is 19.3 Å². The number of rotatable bonds is 11. The minimum Gasteiger partial charge on any atom is -0.461 e. The summed E-state index contributed by atoms with van der Waals surface area (Å²) in [5.74, 6) is -0.273. The van der Waals surface area contributed by atoms with Crippen LogP contribution in [0.5, 0.6) is 0 Å². The topological polar surface area (TPSA) is 52.3 Å². The van der Waals surface area contributed by atoms with Gasteiger partial charge in [0, 0.05) is 0 Å². The molecule has 0 bridgehead atoms. The Morgan fingerprint density at radius 3 is 2.11 bits per heavy atom. The third-order valence-electron chi connectivity index (χ3n) is 3.24. The van der Waals surface area contributed by atoms with Crippen molar-refractivity contribution >= 4 is 5.97 Å². The van der Waals surface area contributed by atoms with Gasteiger partial charge in [0.25, 0.3) is 0 Å². The zero-order chi connectivity index (χ0) is 13.8. The van der Waals surface area contributed by atoms with Gasteiger partial charge in [0.1, 0.15) is 12.1 Å². The quantitative estimate of drug-likeness (QED) is 0.452. The molecule has 0 aromatic heterocycles. The summed E-state index contributed by atoms with van der Waals surface area (Å²) in [5.41, 5.74) is 5.49. The molecule has 0 aromatic rings. The largest absolute Gasteiger partial charge is 0.461 e. The molecule has 0 saturated carbocycles. The van der Waals surface area contributed by atoms with Gasteiger partial charge in [0.05, 0.1) is 0 Å². The second-order valence-electron chi connectivity index (χ2n) is 5.17. The van der Waals surface area contributed by atoms with Gasteiger partial charge in [-0.05, 0) is 26.2 Å². The fraction of sp³-hybridized carbons (Fsp3) is 0.933. The van der Waals surface area contributed by atoms with E-state index >= 15 is 0 Å². The predicted octanol–water partition coefficient (Wildman–Crippen LogP) is 3.80. The molecular formula is C15H31NO2. The van der Waals surface area contributed by atoms with Crippen LogP contribution in [0.3, 0.4) is 0 Å². The molecule has 0 heterocycles. The van der Waals surface area contributed by atoms with E-state index in [1.807, 2.05) is 0 Å². The monoisotopic (exact) mass is 257 g/mol. The third kappa shape index (κ3) is 9.46. The molecule has 108 valence electrons. The highest BCUT2D eigenvalue weighted by Crippen LogP contribution is 2.13. The van der Waals surface area contributed by atoms with E-state index in [1.54, 1.807) is 6.92 Å². The van der Waals surface area contributed by atoms with E-state index in [0.29, 0.717) is 0 Å². The first-order valence-electron chi connectivity index (χ1n) is 7.57. The number of hydrogen-bond acceptors (Lipinski definition) is 3. The molecule has 2 N–H and O–H groups in total. The zero-order valence-corrected chi connectivity index (χ0v) is 12.4. The van der Waals surface area contributed by atoms with Crippen LogP contribution < -0.4 is 5.73 Å². The van der Waals surface area contributed by atoms with Crippen LogP contribution in [0.25, 0.3) is 0 Å². The first kappa shape index (κ1) is 17.4. The molecule has 0 aliphatic rings. The lowest BCUT2D eigenvalue weighted by atomic mass is 10.1. The van der Waals surface area contributed by atoms with Crippen molar-refractivity contribution in [3.05, 3.63) is 0 Å².